The molecule has 0 fully saturated rings. The summed E-state index contributed by atoms with van der Waals surface area (Å²) in [4.78, 5) is 2.45. The average Bonchev–Trinajstić information content (AvgIpc) is 2.38. The van der Waals surface area contributed by atoms with Gasteiger partial charge < -0.3 is 10.0 Å². The number of hydrogen-bond acceptors (Lipinski definition) is 2. The SMILES string of the molecule is CCCCN(CCCC)c1ccc([C@H](C)O)c(Br)c1. The van der Waals surface area contributed by atoms with Crippen LogP contribution in [0.4, 0.5) is 5.69 Å². The van der Waals surface area contributed by atoms with E-state index in [2.05, 4.69) is 46.8 Å². The summed E-state index contributed by atoms with van der Waals surface area (Å²) in [6.07, 6.45) is 4.45. The second-order valence-electron chi connectivity index (χ2n) is 5.08. The number of unbranched alkanes of at least 4 members (excludes halogenated alkanes) is 2. The van der Waals surface area contributed by atoms with Gasteiger partial charge in [-0.2, -0.15) is 0 Å². The third kappa shape index (κ3) is 5.15. The maximum absolute atomic E-state index is 9.67. The Hall–Kier alpha value is -0.540. The maximum Gasteiger partial charge on any atom is 0.0772 e. The summed E-state index contributed by atoms with van der Waals surface area (Å²) in [6.45, 7) is 8.47. The molecule has 0 aliphatic rings. The molecule has 0 heterocycles. The first-order chi connectivity index (χ1) is 9.10. The van der Waals surface area contributed by atoms with E-state index in [9.17, 15) is 5.11 Å². The molecule has 2 nitrogen and oxygen atoms in total. The molecule has 0 amide bonds. The molecule has 0 saturated carbocycles. The fraction of sp³-hybridized carbons (Fsp3) is 0.625. The lowest BCUT2D eigenvalue weighted by Crippen LogP contribution is -2.25. The number of anilines is 1. The molecule has 1 aromatic rings. The monoisotopic (exact) mass is 327 g/mol. The zero-order valence-electron chi connectivity index (χ0n) is 12.3. The average molecular weight is 328 g/mol. The summed E-state index contributed by atoms with van der Waals surface area (Å²) in [5, 5.41) is 9.67. The fourth-order valence-electron chi connectivity index (χ4n) is 2.12. The number of nitrogens with zero attached hydrogens (tertiary/aromatic N) is 1. The fourth-order valence-corrected chi connectivity index (χ4v) is 2.82. The van der Waals surface area contributed by atoms with Crippen molar-refractivity contribution in [2.45, 2.75) is 52.6 Å². The highest BCUT2D eigenvalue weighted by Gasteiger charge is 2.10. The minimum atomic E-state index is -0.428. The molecule has 0 unspecified atom stereocenters. The number of halogens is 1. The highest BCUT2D eigenvalue weighted by molar-refractivity contribution is 9.10. The van der Waals surface area contributed by atoms with Gasteiger partial charge in [0.1, 0.15) is 0 Å². The first-order valence-corrected chi connectivity index (χ1v) is 8.11. The molecule has 1 rings (SSSR count). The van der Waals surface area contributed by atoms with Crippen molar-refractivity contribution in [1.29, 1.82) is 0 Å². The second-order valence-corrected chi connectivity index (χ2v) is 5.93. The van der Waals surface area contributed by atoms with Crippen LogP contribution < -0.4 is 4.90 Å². The van der Waals surface area contributed by atoms with E-state index in [1.54, 1.807) is 6.92 Å². The minimum Gasteiger partial charge on any atom is -0.389 e. The van der Waals surface area contributed by atoms with Crippen molar-refractivity contribution >= 4 is 21.6 Å². The van der Waals surface area contributed by atoms with Gasteiger partial charge in [0.25, 0.3) is 0 Å². The first-order valence-electron chi connectivity index (χ1n) is 7.32. The first kappa shape index (κ1) is 16.5. The third-order valence-electron chi connectivity index (χ3n) is 3.36. The van der Waals surface area contributed by atoms with Crippen LogP contribution in [0.1, 0.15) is 58.1 Å². The smallest absolute Gasteiger partial charge is 0.0772 e. The van der Waals surface area contributed by atoms with E-state index in [1.165, 1.54) is 31.4 Å². The van der Waals surface area contributed by atoms with Crippen LogP contribution in [0.25, 0.3) is 0 Å². The van der Waals surface area contributed by atoms with Crippen molar-refractivity contribution in [2.75, 3.05) is 18.0 Å². The minimum absolute atomic E-state index is 0.428. The Morgan fingerprint density at radius 1 is 1.16 bits per heavy atom. The molecule has 3 heteroatoms. The van der Waals surface area contributed by atoms with Gasteiger partial charge in [0.05, 0.1) is 6.10 Å². The quantitative estimate of drug-likeness (QED) is 0.733. The van der Waals surface area contributed by atoms with Crippen molar-refractivity contribution in [3.8, 4) is 0 Å². The summed E-state index contributed by atoms with van der Waals surface area (Å²) in [5.74, 6) is 0. The lowest BCUT2D eigenvalue weighted by molar-refractivity contribution is 0.198. The van der Waals surface area contributed by atoms with Gasteiger partial charge in [-0.25, -0.2) is 0 Å². The molecule has 0 spiro atoms. The molecule has 1 atom stereocenters. The van der Waals surface area contributed by atoms with E-state index in [-0.39, 0.29) is 0 Å². The van der Waals surface area contributed by atoms with Crippen molar-refractivity contribution in [3.05, 3.63) is 28.2 Å². The van der Waals surface area contributed by atoms with Gasteiger partial charge in [0, 0.05) is 23.2 Å². The Balaban J connectivity index is 2.85. The van der Waals surface area contributed by atoms with Gasteiger partial charge >= 0.3 is 0 Å². The Morgan fingerprint density at radius 2 is 1.74 bits per heavy atom. The van der Waals surface area contributed by atoms with Gasteiger partial charge in [0.15, 0.2) is 0 Å². The van der Waals surface area contributed by atoms with Crippen molar-refractivity contribution in [3.63, 3.8) is 0 Å². The summed E-state index contributed by atoms with van der Waals surface area (Å²) >= 11 is 3.57. The summed E-state index contributed by atoms with van der Waals surface area (Å²) in [6, 6.07) is 6.28. The van der Waals surface area contributed by atoms with Crippen LogP contribution in [0, 0.1) is 0 Å². The standard InChI is InChI=1S/C16H26BrNO/c1-4-6-10-18(11-7-5-2)14-8-9-15(13(3)19)16(17)12-14/h8-9,12-13,19H,4-7,10-11H2,1-3H3/t13-/m0/s1. The zero-order valence-corrected chi connectivity index (χ0v) is 13.9. The number of aliphatic hydroxyl groups is 1. The van der Waals surface area contributed by atoms with Crippen LogP contribution in [0.15, 0.2) is 22.7 Å². The van der Waals surface area contributed by atoms with Crippen LogP contribution in [0.5, 0.6) is 0 Å². The zero-order chi connectivity index (χ0) is 14.3. The predicted octanol–water partition coefficient (Wildman–Crippen LogP) is 4.91. The molecule has 0 saturated heterocycles. The van der Waals surface area contributed by atoms with Crippen LogP contribution >= 0.6 is 15.9 Å². The normalized spacial score (nSPS) is 12.5. The molecule has 19 heavy (non-hydrogen) atoms. The molecular weight excluding hydrogens is 302 g/mol. The number of hydrogen-bond donors (Lipinski definition) is 1. The van der Waals surface area contributed by atoms with Crippen LogP contribution in [0.2, 0.25) is 0 Å². The van der Waals surface area contributed by atoms with E-state index in [1.807, 2.05) is 6.07 Å². The number of rotatable bonds is 8. The van der Waals surface area contributed by atoms with E-state index >= 15 is 0 Å². The summed E-state index contributed by atoms with van der Waals surface area (Å²) in [5.41, 5.74) is 2.20. The summed E-state index contributed by atoms with van der Waals surface area (Å²) < 4.78 is 0.998. The molecule has 1 aromatic carbocycles. The Kier molecular flexibility index (Phi) is 7.47. The second kappa shape index (κ2) is 8.60. The van der Waals surface area contributed by atoms with Crippen molar-refractivity contribution < 1.29 is 5.11 Å². The highest BCUT2D eigenvalue weighted by atomic mass is 79.9. The topological polar surface area (TPSA) is 23.5 Å². The molecule has 0 aliphatic heterocycles. The molecular formula is C16H26BrNO. The molecule has 0 aromatic heterocycles. The van der Waals surface area contributed by atoms with E-state index in [4.69, 9.17) is 0 Å². The van der Waals surface area contributed by atoms with Gasteiger partial charge in [-0.1, -0.05) is 48.7 Å². The summed E-state index contributed by atoms with van der Waals surface area (Å²) in [7, 11) is 0. The predicted molar refractivity (Wildman–Crippen MR) is 86.8 cm³/mol. The Labute approximate surface area is 126 Å². The van der Waals surface area contributed by atoms with Crippen LogP contribution in [0.3, 0.4) is 0 Å². The number of benzene rings is 1. The van der Waals surface area contributed by atoms with Crippen molar-refractivity contribution in [2.24, 2.45) is 0 Å². The molecule has 1 N–H and O–H groups in total. The molecule has 0 aliphatic carbocycles. The molecule has 0 radical (unpaired) electrons. The van der Waals surface area contributed by atoms with E-state index in [0.717, 1.165) is 23.1 Å². The molecule has 0 bridgehead atoms. The number of aliphatic hydroxyl groups excluding tert-OH is 1. The molecule has 108 valence electrons. The third-order valence-corrected chi connectivity index (χ3v) is 4.05. The van der Waals surface area contributed by atoms with Crippen LogP contribution in [-0.4, -0.2) is 18.2 Å². The van der Waals surface area contributed by atoms with Gasteiger partial charge in [-0.15, -0.1) is 0 Å². The lowest BCUT2D eigenvalue weighted by Gasteiger charge is -2.25. The Bertz CT molecular complexity index is 371. The van der Waals surface area contributed by atoms with E-state index in [0.29, 0.717) is 0 Å². The van der Waals surface area contributed by atoms with Crippen LogP contribution in [-0.2, 0) is 0 Å². The van der Waals surface area contributed by atoms with Gasteiger partial charge in [0.2, 0.25) is 0 Å². The Morgan fingerprint density at radius 3 is 2.16 bits per heavy atom. The van der Waals surface area contributed by atoms with E-state index < -0.39 is 6.10 Å². The maximum atomic E-state index is 9.67. The van der Waals surface area contributed by atoms with Gasteiger partial charge in [-0.3, -0.25) is 0 Å². The lowest BCUT2D eigenvalue weighted by atomic mass is 10.1. The largest absolute Gasteiger partial charge is 0.389 e. The van der Waals surface area contributed by atoms with Gasteiger partial charge in [-0.05, 0) is 37.5 Å². The van der Waals surface area contributed by atoms with Crippen molar-refractivity contribution in [1.82, 2.24) is 0 Å². The highest BCUT2D eigenvalue weighted by Crippen LogP contribution is 2.28.